The first-order valence-electron chi connectivity index (χ1n) is 12.6. The van der Waals surface area contributed by atoms with Gasteiger partial charge in [-0.3, -0.25) is 19.5 Å². The molecular formula is C29H25N3O7S. The van der Waals surface area contributed by atoms with Gasteiger partial charge in [-0.05, 0) is 39.0 Å². The zero-order chi connectivity index (χ0) is 28.4. The van der Waals surface area contributed by atoms with Crippen molar-refractivity contribution in [3.63, 3.8) is 0 Å². The van der Waals surface area contributed by atoms with Crippen LogP contribution in [0.15, 0.2) is 86.1 Å². The van der Waals surface area contributed by atoms with Gasteiger partial charge in [0.15, 0.2) is 4.80 Å². The topological polar surface area (TPSA) is 126 Å². The van der Waals surface area contributed by atoms with Gasteiger partial charge in [-0.2, -0.15) is 0 Å². The maximum absolute atomic E-state index is 13.8. The van der Waals surface area contributed by atoms with E-state index in [0.29, 0.717) is 50.0 Å². The van der Waals surface area contributed by atoms with Gasteiger partial charge in [0.05, 0.1) is 33.9 Å². The molecule has 1 aliphatic rings. The highest BCUT2D eigenvalue weighted by Gasteiger charge is 2.35. The molecule has 1 atom stereocenters. The van der Waals surface area contributed by atoms with E-state index in [9.17, 15) is 19.7 Å². The Labute approximate surface area is 232 Å². The Kier molecular flexibility index (Phi) is 7.47. The Morgan fingerprint density at radius 2 is 1.95 bits per heavy atom. The van der Waals surface area contributed by atoms with Gasteiger partial charge in [-0.15, -0.1) is 0 Å². The van der Waals surface area contributed by atoms with Crippen molar-refractivity contribution in [3.8, 4) is 17.1 Å². The fourth-order valence-corrected chi connectivity index (χ4v) is 5.59. The summed E-state index contributed by atoms with van der Waals surface area (Å²) in [6, 6.07) is 15.9. The second-order valence-electron chi connectivity index (χ2n) is 8.78. The SMILES string of the molecule is CCOC(=O)C1=C(C)N=c2s/c(=C\c3ccc(-c4cccc([N+](=O)[O-])c4)o3)c(=O)n2[C@@H]1c1ccccc1OCC. The van der Waals surface area contributed by atoms with Crippen LogP contribution in [-0.4, -0.2) is 28.7 Å². The van der Waals surface area contributed by atoms with Gasteiger partial charge >= 0.3 is 5.97 Å². The smallest absolute Gasteiger partial charge is 0.338 e. The lowest BCUT2D eigenvalue weighted by Crippen LogP contribution is -2.40. The van der Waals surface area contributed by atoms with Gasteiger partial charge in [-0.25, -0.2) is 9.79 Å². The van der Waals surface area contributed by atoms with E-state index in [1.54, 1.807) is 50.3 Å². The van der Waals surface area contributed by atoms with Crippen molar-refractivity contribution in [2.45, 2.75) is 26.8 Å². The first-order valence-corrected chi connectivity index (χ1v) is 13.4. The van der Waals surface area contributed by atoms with Crippen molar-refractivity contribution in [1.29, 1.82) is 0 Å². The molecule has 204 valence electrons. The average Bonchev–Trinajstić information content (AvgIpc) is 3.53. The lowest BCUT2D eigenvalue weighted by molar-refractivity contribution is -0.384. The third-order valence-electron chi connectivity index (χ3n) is 6.27. The Balaban J connectivity index is 1.64. The predicted molar refractivity (Wildman–Crippen MR) is 149 cm³/mol. The van der Waals surface area contributed by atoms with Gasteiger partial charge in [0.1, 0.15) is 23.3 Å². The summed E-state index contributed by atoms with van der Waals surface area (Å²) in [6.07, 6.45) is 1.60. The Hall–Kier alpha value is -4.77. The number of carbonyl (C=O) groups excluding carboxylic acids is 1. The number of nitrogens with zero attached hydrogens (tertiary/aromatic N) is 3. The summed E-state index contributed by atoms with van der Waals surface area (Å²) in [5.74, 6) is 0.807. The number of thiazole rings is 1. The minimum atomic E-state index is -0.808. The summed E-state index contributed by atoms with van der Waals surface area (Å²) in [5, 5.41) is 11.2. The van der Waals surface area contributed by atoms with Crippen molar-refractivity contribution < 1.29 is 23.6 Å². The summed E-state index contributed by atoms with van der Waals surface area (Å²) >= 11 is 1.17. The molecule has 0 amide bonds. The number of hydrogen-bond acceptors (Lipinski definition) is 9. The second-order valence-corrected chi connectivity index (χ2v) is 9.79. The molecule has 4 aromatic rings. The number of hydrogen-bond donors (Lipinski definition) is 0. The summed E-state index contributed by atoms with van der Waals surface area (Å²) in [4.78, 5) is 42.7. The minimum Gasteiger partial charge on any atom is -0.494 e. The molecule has 0 unspecified atom stereocenters. The van der Waals surface area contributed by atoms with Crippen LogP contribution < -0.4 is 19.6 Å². The van der Waals surface area contributed by atoms with E-state index in [0.717, 1.165) is 0 Å². The Morgan fingerprint density at radius 3 is 2.70 bits per heavy atom. The molecule has 2 aromatic heterocycles. The van der Waals surface area contributed by atoms with Crippen LogP contribution >= 0.6 is 11.3 Å². The van der Waals surface area contributed by atoms with E-state index < -0.39 is 16.9 Å². The van der Waals surface area contributed by atoms with E-state index in [2.05, 4.69) is 4.99 Å². The molecule has 11 heteroatoms. The molecule has 0 radical (unpaired) electrons. The highest BCUT2D eigenvalue weighted by atomic mass is 32.1. The molecule has 40 heavy (non-hydrogen) atoms. The monoisotopic (exact) mass is 559 g/mol. The van der Waals surface area contributed by atoms with Crippen LogP contribution in [0.1, 0.15) is 38.1 Å². The molecule has 0 aliphatic carbocycles. The average molecular weight is 560 g/mol. The summed E-state index contributed by atoms with van der Waals surface area (Å²) < 4.78 is 19.0. The van der Waals surface area contributed by atoms with Crippen LogP contribution in [0.5, 0.6) is 5.75 Å². The quantitative estimate of drug-likeness (QED) is 0.178. The number of furan rings is 1. The minimum absolute atomic E-state index is 0.0520. The number of aromatic nitrogens is 1. The van der Waals surface area contributed by atoms with Gasteiger partial charge < -0.3 is 13.9 Å². The van der Waals surface area contributed by atoms with Crippen molar-refractivity contribution in [2.24, 2.45) is 4.99 Å². The van der Waals surface area contributed by atoms with Crippen molar-refractivity contribution >= 4 is 29.1 Å². The van der Waals surface area contributed by atoms with E-state index in [1.165, 1.54) is 28.0 Å². The zero-order valence-electron chi connectivity index (χ0n) is 22.0. The fourth-order valence-electron chi connectivity index (χ4n) is 4.57. The van der Waals surface area contributed by atoms with Gasteiger partial charge in [0, 0.05) is 29.3 Å². The normalized spacial score (nSPS) is 15.0. The molecule has 0 bridgehead atoms. The highest BCUT2D eigenvalue weighted by Crippen LogP contribution is 2.36. The van der Waals surface area contributed by atoms with Crippen LogP contribution in [-0.2, 0) is 9.53 Å². The standard InChI is InChI=1S/C29H25N3O7S/c1-4-37-23-12-7-6-11-21(23)26-25(28(34)38-5-2)17(3)30-29-31(26)27(33)24(40-29)16-20-13-14-22(39-20)18-9-8-10-19(15-18)32(35)36/h6-16,26H,4-5H2,1-3H3/b24-16-/t26-/m1/s1. The van der Waals surface area contributed by atoms with Crippen LogP contribution in [0.3, 0.4) is 0 Å². The molecule has 3 heterocycles. The Bertz CT molecular complexity index is 1830. The molecule has 0 fully saturated rings. The van der Waals surface area contributed by atoms with Crippen LogP contribution in [0.4, 0.5) is 5.69 Å². The maximum Gasteiger partial charge on any atom is 0.338 e. The molecule has 2 aromatic carbocycles. The number of carbonyl (C=O) groups is 1. The highest BCUT2D eigenvalue weighted by molar-refractivity contribution is 7.07. The number of ether oxygens (including phenoxy) is 2. The molecule has 5 rings (SSSR count). The number of nitro benzene ring substituents is 1. The summed E-state index contributed by atoms with van der Waals surface area (Å²) in [5.41, 5.74) is 1.48. The third-order valence-corrected chi connectivity index (χ3v) is 7.26. The van der Waals surface area contributed by atoms with Crippen LogP contribution in [0, 0.1) is 10.1 Å². The first kappa shape index (κ1) is 26.8. The number of benzene rings is 2. The van der Waals surface area contributed by atoms with E-state index in [4.69, 9.17) is 13.9 Å². The molecule has 0 spiro atoms. The molecule has 0 saturated carbocycles. The molecule has 1 aliphatic heterocycles. The number of fused-ring (bicyclic) bond motifs is 1. The molecular weight excluding hydrogens is 534 g/mol. The number of para-hydroxylation sites is 1. The van der Waals surface area contributed by atoms with Crippen LogP contribution in [0.2, 0.25) is 0 Å². The summed E-state index contributed by atoms with van der Waals surface area (Å²) in [7, 11) is 0. The van der Waals surface area contributed by atoms with Crippen molar-refractivity contribution in [2.75, 3.05) is 13.2 Å². The van der Waals surface area contributed by atoms with E-state index >= 15 is 0 Å². The maximum atomic E-state index is 13.8. The predicted octanol–water partition coefficient (Wildman–Crippen LogP) is 4.37. The first-order chi connectivity index (χ1) is 19.3. The van der Waals surface area contributed by atoms with Crippen LogP contribution in [0.25, 0.3) is 17.4 Å². The fraction of sp³-hybridized carbons (Fsp3) is 0.207. The number of non-ortho nitro benzene ring substituents is 1. The Morgan fingerprint density at radius 1 is 1.15 bits per heavy atom. The zero-order valence-corrected chi connectivity index (χ0v) is 22.8. The number of esters is 1. The van der Waals surface area contributed by atoms with E-state index in [-0.39, 0.29) is 23.4 Å². The molecule has 10 nitrogen and oxygen atoms in total. The number of allylic oxidation sites excluding steroid dienone is 1. The third kappa shape index (κ3) is 4.98. The summed E-state index contributed by atoms with van der Waals surface area (Å²) in [6.45, 7) is 5.88. The van der Waals surface area contributed by atoms with Crippen molar-refractivity contribution in [3.05, 3.63) is 113 Å². The largest absolute Gasteiger partial charge is 0.494 e. The van der Waals surface area contributed by atoms with Gasteiger partial charge in [0.2, 0.25) is 0 Å². The number of rotatable bonds is 8. The molecule has 0 saturated heterocycles. The lowest BCUT2D eigenvalue weighted by atomic mass is 9.95. The number of nitro groups is 1. The van der Waals surface area contributed by atoms with Crippen molar-refractivity contribution in [1.82, 2.24) is 4.57 Å². The van der Waals surface area contributed by atoms with Gasteiger partial charge in [0.25, 0.3) is 11.2 Å². The van der Waals surface area contributed by atoms with E-state index in [1.807, 2.05) is 25.1 Å². The second kappa shape index (κ2) is 11.1. The molecule has 0 N–H and O–H groups in total. The van der Waals surface area contributed by atoms with Gasteiger partial charge in [-0.1, -0.05) is 41.7 Å². The lowest BCUT2D eigenvalue weighted by Gasteiger charge is -2.26.